The fourth-order valence-corrected chi connectivity index (χ4v) is 8.62. The zero-order chi connectivity index (χ0) is 38.9. The molecule has 3 aromatic rings. The van der Waals surface area contributed by atoms with E-state index < -0.39 is 49.0 Å². The van der Waals surface area contributed by atoms with E-state index in [1.807, 2.05) is 57.4 Å². The normalized spacial score (nSPS) is 27.6. The number of carbonyl (C=O) groups excluding carboxylic acids is 2. The summed E-state index contributed by atoms with van der Waals surface area (Å²) in [4.78, 5) is 33.7. The highest BCUT2D eigenvalue weighted by atomic mass is 32.2. The molecule has 12 nitrogen and oxygen atoms in total. The lowest BCUT2D eigenvalue weighted by atomic mass is 9.97. The zero-order valence-electron chi connectivity index (χ0n) is 32.2. The van der Waals surface area contributed by atoms with Gasteiger partial charge in [-0.15, -0.1) is 0 Å². The van der Waals surface area contributed by atoms with Crippen molar-refractivity contribution >= 4 is 23.8 Å². The summed E-state index contributed by atoms with van der Waals surface area (Å²) in [7, 11) is 1.51. The Morgan fingerprint density at radius 2 is 1.60 bits per heavy atom. The third-order valence-electron chi connectivity index (χ3n) is 10.7. The lowest BCUT2D eigenvalue weighted by Crippen LogP contribution is -2.63. The van der Waals surface area contributed by atoms with Crippen molar-refractivity contribution in [2.45, 2.75) is 100 Å². The number of aliphatic hydroxyl groups is 1. The van der Waals surface area contributed by atoms with Gasteiger partial charge in [-0.25, -0.2) is 9.59 Å². The van der Waals surface area contributed by atoms with E-state index in [9.17, 15) is 14.7 Å². The number of thioether (sulfide) groups is 1. The van der Waals surface area contributed by atoms with Crippen LogP contribution in [0.25, 0.3) is 11.1 Å². The van der Waals surface area contributed by atoms with Gasteiger partial charge in [0.05, 0.1) is 29.1 Å². The van der Waals surface area contributed by atoms with Crippen molar-refractivity contribution in [2.24, 2.45) is 0 Å². The Kier molecular flexibility index (Phi) is 14.6. The number of fused-ring (bicyclic) bond motifs is 3. The number of aliphatic hydroxyl groups excluding tert-OH is 1. The van der Waals surface area contributed by atoms with Gasteiger partial charge < -0.3 is 38.4 Å². The Bertz CT molecular complexity index is 1650. The summed E-state index contributed by atoms with van der Waals surface area (Å²) in [5.41, 5.74) is 8.17. The number of rotatable bonds is 16. The first-order chi connectivity index (χ1) is 26.7. The minimum atomic E-state index is -1.05. The average molecular weight is 779 g/mol. The van der Waals surface area contributed by atoms with E-state index in [0.717, 1.165) is 0 Å². The van der Waals surface area contributed by atoms with E-state index in [2.05, 4.69) is 29.7 Å². The number of unbranched alkanes of at least 4 members (excludes halogenated alkanes) is 1. The molecule has 1 aliphatic carbocycles. The predicted octanol–water partition coefficient (Wildman–Crippen LogP) is 6.16. The van der Waals surface area contributed by atoms with Crippen LogP contribution in [0.5, 0.6) is 0 Å². The second kappa shape index (κ2) is 19.6. The van der Waals surface area contributed by atoms with Crippen LogP contribution < -0.4 is 5.48 Å². The number of hydrogen-bond acceptors (Lipinski definition) is 12. The van der Waals surface area contributed by atoms with E-state index in [4.69, 9.17) is 33.3 Å². The van der Waals surface area contributed by atoms with Crippen molar-refractivity contribution in [3.63, 3.8) is 0 Å². The molecule has 9 atom stereocenters. The van der Waals surface area contributed by atoms with Gasteiger partial charge in [-0.2, -0.15) is 17.2 Å². The largest absolute Gasteiger partial charge is 0.457 e. The van der Waals surface area contributed by atoms with Crippen LogP contribution in [-0.2, 0) is 33.3 Å². The molecule has 2 fully saturated rings. The van der Waals surface area contributed by atoms with E-state index in [1.165, 1.54) is 29.4 Å². The SMILES string of the molecule is CCN(CCCCO[C@H]1[C@@H](OC)O[C@H](C)[C@@H](NO[C@@H]2C[C@H](OC(=O)c3ccccc3)[C@H](SC)[C@@H](C)O2)[C@@H]1O)C(=O)OCC1c2ccccc2-c2ccccc21. The van der Waals surface area contributed by atoms with Crippen LogP contribution in [0.1, 0.15) is 67.4 Å². The summed E-state index contributed by atoms with van der Waals surface area (Å²) in [6.45, 7) is 7.27. The van der Waals surface area contributed by atoms with Gasteiger partial charge in [-0.05, 0) is 74.3 Å². The highest BCUT2D eigenvalue weighted by Crippen LogP contribution is 2.44. The number of esters is 1. The van der Waals surface area contributed by atoms with Gasteiger partial charge in [0.1, 0.15) is 24.9 Å². The molecule has 2 aliphatic heterocycles. The van der Waals surface area contributed by atoms with Crippen molar-refractivity contribution < 1.29 is 48.0 Å². The molecular formula is C42H54N2O10S. The van der Waals surface area contributed by atoms with Crippen LogP contribution >= 0.6 is 11.8 Å². The Hall–Kier alpha value is -3.53. The lowest BCUT2D eigenvalue weighted by molar-refractivity contribution is -0.300. The summed E-state index contributed by atoms with van der Waals surface area (Å²) in [5, 5.41) is 11.4. The highest BCUT2D eigenvalue weighted by molar-refractivity contribution is 7.99. The van der Waals surface area contributed by atoms with Crippen LogP contribution in [0.2, 0.25) is 0 Å². The monoisotopic (exact) mass is 778 g/mol. The first-order valence-electron chi connectivity index (χ1n) is 19.2. The van der Waals surface area contributed by atoms with Gasteiger partial charge in [0, 0.05) is 39.1 Å². The Morgan fingerprint density at radius 3 is 2.25 bits per heavy atom. The highest BCUT2D eigenvalue weighted by Gasteiger charge is 2.46. The number of amides is 1. The molecule has 0 aromatic heterocycles. The van der Waals surface area contributed by atoms with Gasteiger partial charge in [0.25, 0.3) is 0 Å². The molecule has 2 N–H and O–H groups in total. The maximum atomic E-state index is 13.2. The summed E-state index contributed by atoms with van der Waals surface area (Å²) in [5.74, 6) is -0.402. The van der Waals surface area contributed by atoms with Crippen molar-refractivity contribution in [1.29, 1.82) is 0 Å². The van der Waals surface area contributed by atoms with Crippen LogP contribution in [0.3, 0.4) is 0 Å². The van der Waals surface area contributed by atoms with Crippen molar-refractivity contribution in [1.82, 2.24) is 10.4 Å². The Balaban J connectivity index is 0.961. The fraction of sp³-hybridized carbons (Fsp3) is 0.524. The smallest absolute Gasteiger partial charge is 0.409 e. The summed E-state index contributed by atoms with van der Waals surface area (Å²) >= 11 is 1.57. The molecule has 0 unspecified atom stereocenters. The van der Waals surface area contributed by atoms with Crippen molar-refractivity contribution in [3.8, 4) is 11.1 Å². The van der Waals surface area contributed by atoms with Gasteiger partial charge >= 0.3 is 12.1 Å². The van der Waals surface area contributed by atoms with E-state index in [-0.39, 0.29) is 30.0 Å². The van der Waals surface area contributed by atoms with Crippen molar-refractivity contribution in [2.75, 3.05) is 39.7 Å². The Morgan fingerprint density at radius 1 is 0.927 bits per heavy atom. The standard InChI is InChI=1S/C42H54N2O10S/c1-6-44(42(47)50-25-33-31-20-12-10-18-29(31)30-19-11-13-21-32(30)33)22-14-15-23-49-38-37(45)36(26(2)52-41(38)48-4)43-54-35-24-34(39(55-5)27(3)51-35)53-40(46)28-16-8-7-9-17-28/h7-13,16-21,26-27,33-39,41,43,45H,6,14-15,22-25H2,1-5H3/t26-,27-,34+,35-,36-,37+,38-,39-,41+/m1/s1. The predicted molar refractivity (Wildman–Crippen MR) is 209 cm³/mol. The van der Waals surface area contributed by atoms with Crippen LogP contribution in [0, 0.1) is 0 Å². The first kappa shape index (κ1) is 41.1. The van der Waals surface area contributed by atoms with E-state index in [1.54, 1.807) is 40.9 Å². The molecular weight excluding hydrogens is 725 g/mol. The van der Waals surface area contributed by atoms with Crippen LogP contribution in [0.15, 0.2) is 78.9 Å². The van der Waals surface area contributed by atoms with Crippen LogP contribution in [0.4, 0.5) is 4.79 Å². The molecule has 13 heteroatoms. The number of ether oxygens (including phenoxy) is 6. The quantitative estimate of drug-likeness (QED) is 0.0981. The molecule has 3 aliphatic rings. The maximum Gasteiger partial charge on any atom is 0.409 e. The molecule has 0 spiro atoms. The third kappa shape index (κ3) is 9.72. The molecule has 55 heavy (non-hydrogen) atoms. The lowest BCUT2D eigenvalue weighted by Gasteiger charge is -2.44. The first-order valence-corrected chi connectivity index (χ1v) is 20.5. The molecule has 0 radical (unpaired) electrons. The molecule has 6 rings (SSSR count). The maximum absolute atomic E-state index is 13.2. The van der Waals surface area contributed by atoms with Crippen molar-refractivity contribution in [3.05, 3.63) is 95.6 Å². The number of carbonyl (C=O) groups is 2. The molecule has 298 valence electrons. The minimum absolute atomic E-state index is 0.000520. The number of nitrogens with zero attached hydrogens (tertiary/aromatic N) is 1. The summed E-state index contributed by atoms with van der Waals surface area (Å²) in [6, 6.07) is 24.8. The molecule has 0 bridgehead atoms. The third-order valence-corrected chi connectivity index (χ3v) is 11.9. The number of nitrogens with one attached hydrogen (secondary N) is 1. The average Bonchev–Trinajstić information content (AvgIpc) is 3.52. The molecule has 0 saturated carbocycles. The number of methoxy groups -OCH3 is 1. The number of hydroxylamine groups is 1. The number of benzene rings is 3. The van der Waals surface area contributed by atoms with E-state index in [0.29, 0.717) is 44.5 Å². The van der Waals surface area contributed by atoms with Crippen LogP contribution in [-0.4, -0.2) is 116 Å². The van der Waals surface area contributed by atoms with Gasteiger partial charge in [-0.3, -0.25) is 4.84 Å². The van der Waals surface area contributed by atoms with E-state index >= 15 is 0 Å². The molecule has 3 aromatic carbocycles. The molecule has 1 amide bonds. The fourth-order valence-electron chi connectivity index (χ4n) is 7.70. The zero-order valence-corrected chi connectivity index (χ0v) is 33.0. The topological polar surface area (TPSA) is 134 Å². The molecule has 2 heterocycles. The summed E-state index contributed by atoms with van der Waals surface area (Å²) < 4.78 is 35.7. The summed E-state index contributed by atoms with van der Waals surface area (Å²) in [6.07, 6.45) is -1.41. The number of hydrogen-bond donors (Lipinski definition) is 2. The van der Waals surface area contributed by atoms with Gasteiger partial charge in [0.2, 0.25) is 0 Å². The van der Waals surface area contributed by atoms with Gasteiger partial charge in [0.15, 0.2) is 12.6 Å². The second-order valence-corrected chi connectivity index (χ2v) is 15.2. The Labute approximate surface area is 328 Å². The molecule has 2 saturated heterocycles. The van der Waals surface area contributed by atoms with Gasteiger partial charge in [-0.1, -0.05) is 66.7 Å². The minimum Gasteiger partial charge on any atom is -0.457 e. The second-order valence-electron chi connectivity index (χ2n) is 14.1.